The van der Waals surface area contributed by atoms with Gasteiger partial charge in [0.25, 0.3) is 5.91 Å². The number of aromatic nitrogens is 1. The van der Waals surface area contributed by atoms with Crippen LogP contribution in [0.25, 0.3) is 10.2 Å². The highest BCUT2D eigenvalue weighted by Crippen LogP contribution is 2.24. The van der Waals surface area contributed by atoms with E-state index in [0.717, 1.165) is 47.4 Å². The van der Waals surface area contributed by atoms with Gasteiger partial charge in [0.1, 0.15) is 13.1 Å². The van der Waals surface area contributed by atoms with Crippen molar-refractivity contribution in [3.8, 4) is 0 Å². The predicted molar refractivity (Wildman–Crippen MR) is 120 cm³/mol. The number of hydrogen-bond donors (Lipinski definition) is 3. The molecule has 1 amide bonds. The number of nitrogens with zero attached hydrogens (tertiary/aromatic N) is 2. The highest BCUT2D eigenvalue weighted by atomic mass is 32.1. The van der Waals surface area contributed by atoms with Crippen LogP contribution in [0.4, 0.5) is 5.13 Å². The Hall–Kier alpha value is -2.81. The maximum absolute atomic E-state index is 12.3. The summed E-state index contributed by atoms with van der Waals surface area (Å²) >= 11 is 1.53. The lowest BCUT2D eigenvalue weighted by molar-refractivity contribution is -0.928. The van der Waals surface area contributed by atoms with Gasteiger partial charge in [0.05, 0.1) is 35.7 Å². The number of rotatable bonds is 7. The van der Waals surface area contributed by atoms with Gasteiger partial charge in [0.15, 0.2) is 11.2 Å². The molecule has 0 saturated carbocycles. The molecule has 1 saturated heterocycles. The number of hydrogen-bond acceptors (Lipinski definition) is 6. The molecule has 1 aliphatic rings. The molecule has 0 bridgehead atoms. The molecule has 0 radical (unpaired) electrons. The standard InChI is InChI=1S/C22H25N5O2S/c1-16(21(17-7-3-2-4-8-17)27-11-13-29-14-12-27)25-26-20(28)15-23-22-24-18-9-5-6-10-19(18)30-22/h2-10,21H,11-15H2,1H3,(H,23,24)(H,26,28)/p+1/b25-16-/t21-/m1/s1. The van der Waals surface area contributed by atoms with Gasteiger partial charge in [-0.05, 0) is 19.1 Å². The van der Waals surface area contributed by atoms with Crippen molar-refractivity contribution in [3.63, 3.8) is 0 Å². The number of ether oxygens (including phenoxy) is 1. The van der Waals surface area contributed by atoms with Crippen LogP contribution in [0.5, 0.6) is 0 Å². The lowest BCUT2D eigenvalue weighted by atomic mass is 10.0. The summed E-state index contributed by atoms with van der Waals surface area (Å²) in [6.45, 7) is 5.41. The molecule has 3 N–H and O–H groups in total. The molecule has 1 atom stereocenters. The lowest BCUT2D eigenvalue weighted by Crippen LogP contribution is -3.15. The zero-order valence-corrected chi connectivity index (χ0v) is 17.7. The molecule has 0 aliphatic carbocycles. The van der Waals surface area contributed by atoms with E-state index in [0.29, 0.717) is 0 Å². The van der Waals surface area contributed by atoms with Crippen LogP contribution in [-0.2, 0) is 9.53 Å². The Morgan fingerprint density at radius 2 is 1.90 bits per heavy atom. The van der Waals surface area contributed by atoms with Crippen LogP contribution in [0.3, 0.4) is 0 Å². The fourth-order valence-corrected chi connectivity index (χ4v) is 4.56. The van der Waals surface area contributed by atoms with Gasteiger partial charge < -0.3 is 15.0 Å². The molecule has 3 aromatic rings. The Morgan fingerprint density at radius 1 is 1.17 bits per heavy atom. The number of fused-ring (bicyclic) bond motifs is 1. The molecule has 4 rings (SSSR count). The molecule has 7 nitrogen and oxygen atoms in total. The molecule has 1 aromatic heterocycles. The van der Waals surface area contributed by atoms with E-state index in [9.17, 15) is 4.79 Å². The number of thiazole rings is 1. The summed E-state index contributed by atoms with van der Waals surface area (Å²) in [7, 11) is 0. The van der Waals surface area contributed by atoms with Gasteiger partial charge >= 0.3 is 0 Å². The second-order valence-electron chi connectivity index (χ2n) is 7.24. The summed E-state index contributed by atoms with van der Waals surface area (Å²) in [5.41, 5.74) is 5.70. The van der Waals surface area contributed by atoms with Crippen molar-refractivity contribution in [2.45, 2.75) is 13.0 Å². The number of amides is 1. The Balaban J connectivity index is 1.39. The van der Waals surface area contributed by atoms with Gasteiger partial charge in [-0.15, -0.1) is 0 Å². The largest absolute Gasteiger partial charge is 0.370 e. The minimum Gasteiger partial charge on any atom is -0.370 e. The quantitative estimate of drug-likeness (QED) is 0.400. The van der Waals surface area contributed by atoms with E-state index in [2.05, 4.69) is 33.0 Å². The van der Waals surface area contributed by atoms with Crippen LogP contribution in [0, 0.1) is 0 Å². The summed E-state index contributed by atoms with van der Waals surface area (Å²) in [6, 6.07) is 18.3. The van der Waals surface area contributed by atoms with E-state index in [1.165, 1.54) is 21.8 Å². The third-order valence-corrected chi connectivity index (χ3v) is 6.14. The average Bonchev–Trinajstić information content (AvgIpc) is 3.21. The Kier molecular flexibility index (Phi) is 6.68. The van der Waals surface area contributed by atoms with Crippen LogP contribution >= 0.6 is 11.3 Å². The average molecular weight is 425 g/mol. The molecular formula is C22H26N5O2S+. The fraction of sp³-hybridized carbons (Fsp3) is 0.318. The van der Waals surface area contributed by atoms with Crippen molar-refractivity contribution in [2.75, 3.05) is 38.2 Å². The predicted octanol–water partition coefficient (Wildman–Crippen LogP) is 1.86. The second kappa shape index (κ2) is 9.80. The van der Waals surface area contributed by atoms with Gasteiger partial charge in [-0.2, -0.15) is 5.10 Å². The monoisotopic (exact) mass is 424 g/mol. The smallest absolute Gasteiger partial charge is 0.259 e. The number of morpholine rings is 1. The summed E-state index contributed by atoms with van der Waals surface area (Å²) in [5, 5.41) is 8.24. The zero-order chi connectivity index (χ0) is 20.8. The summed E-state index contributed by atoms with van der Waals surface area (Å²) < 4.78 is 6.61. The molecule has 8 heteroatoms. The molecule has 0 spiro atoms. The van der Waals surface area contributed by atoms with E-state index in [4.69, 9.17) is 4.74 Å². The molecule has 30 heavy (non-hydrogen) atoms. The van der Waals surface area contributed by atoms with Crippen molar-refractivity contribution in [1.82, 2.24) is 10.4 Å². The summed E-state index contributed by atoms with van der Waals surface area (Å²) in [4.78, 5) is 18.2. The van der Waals surface area contributed by atoms with Crippen LogP contribution in [0.2, 0.25) is 0 Å². The minimum absolute atomic E-state index is 0.0904. The SMILES string of the molecule is C/C(=N/NC(=O)CNc1nc2ccccc2s1)[C@H](c1ccccc1)[NH+]1CCOCC1. The first-order chi connectivity index (χ1) is 14.7. The number of quaternary nitrogens is 1. The molecule has 2 heterocycles. The van der Waals surface area contributed by atoms with E-state index >= 15 is 0 Å². The van der Waals surface area contributed by atoms with Crippen LogP contribution in [-0.4, -0.2) is 49.5 Å². The first-order valence-electron chi connectivity index (χ1n) is 10.1. The number of carbonyl (C=O) groups is 1. The Morgan fingerprint density at radius 3 is 2.67 bits per heavy atom. The minimum atomic E-state index is -0.197. The maximum atomic E-state index is 12.3. The van der Waals surface area contributed by atoms with Gasteiger partial charge in [-0.1, -0.05) is 53.8 Å². The third-order valence-electron chi connectivity index (χ3n) is 5.14. The van der Waals surface area contributed by atoms with Crippen LogP contribution in [0.1, 0.15) is 18.5 Å². The highest BCUT2D eigenvalue weighted by Gasteiger charge is 2.29. The van der Waals surface area contributed by atoms with E-state index in [1.54, 1.807) is 0 Å². The molecule has 1 aliphatic heterocycles. The van der Waals surface area contributed by atoms with Crippen LogP contribution in [0.15, 0.2) is 59.7 Å². The second-order valence-corrected chi connectivity index (χ2v) is 8.27. The van der Waals surface area contributed by atoms with E-state index in [-0.39, 0.29) is 18.5 Å². The van der Waals surface area contributed by atoms with E-state index < -0.39 is 0 Å². The zero-order valence-electron chi connectivity index (χ0n) is 16.9. The fourth-order valence-electron chi connectivity index (χ4n) is 3.70. The maximum Gasteiger partial charge on any atom is 0.259 e. The van der Waals surface area contributed by atoms with Crippen molar-refractivity contribution in [1.29, 1.82) is 0 Å². The number of anilines is 1. The number of nitrogens with one attached hydrogen (secondary N) is 3. The van der Waals surface area contributed by atoms with E-state index in [1.807, 2.05) is 49.4 Å². The van der Waals surface area contributed by atoms with Crippen molar-refractivity contribution >= 4 is 38.3 Å². The molecule has 2 aromatic carbocycles. The summed E-state index contributed by atoms with van der Waals surface area (Å²) in [5.74, 6) is -0.197. The normalized spacial score (nSPS) is 16.4. The van der Waals surface area contributed by atoms with Gasteiger partial charge in [0.2, 0.25) is 0 Å². The number of benzene rings is 2. The highest BCUT2D eigenvalue weighted by molar-refractivity contribution is 7.22. The lowest BCUT2D eigenvalue weighted by Gasteiger charge is -2.31. The third kappa shape index (κ3) is 5.02. The molecule has 0 unspecified atom stereocenters. The van der Waals surface area contributed by atoms with Crippen LogP contribution < -0.4 is 15.6 Å². The molecule has 1 fully saturated rings. The topological polar surface area (TPSA) is 80.0 Å². The Bertz CT molecular complexity index is 982. The Labute approximate surface area is 179 Å². The number of para-hydroxylation sites is 1. The molecule has 156 valence electrons. The number of carbonyl (C=O) groups excluding carboxylic acids is 1. The number of hydrazone groups is 1. The molecular weight excluding hydrogens is 398 g/mol. The first-order valence-corrected chi connectivity index (χ1v) is 10.9. The van der Waals surface area contributed by atoms with Gasteiger partial charge in [-0.3, -0.25) is 4.79 Å². The van der Waals surface area contributed by atoms with Crippen molar-refractivity contribution in [3.05, 3.63) is 60.2 Å². The van der Waals surface area contributed by atoms with Crippen molar-refractivity contribution in [2.24, 2.45) is 5.10 Å². The first kappa shape index (κ1) is 20.5. The van der Waals surface area contributed by atoms with Crippen molar-refractivity contribution < 1.29 is 14.4 Å². The van der Waals surface area contributed by atoms with Gasteiger partial charge in [0, 0.05) is 5.56 Å². The van der Waals surface area contributed by atoms with Gasteiger partial charge in [-0.25, -0.2) is 10.4 Å². The summed E-state index contributed by atoms with van der Waals surface area (Å²) in [6.07, 6.45) is 0.